The Labute approximate surface area is 166 Å². The molecule has 1 heterocycles. The molecule has 1 N–H and O–H groups in total. The summed E-state index contributed by atoms with van der Waals surface area (Å²) in [5.74, 6) is 0.355. The Hall–Kier alpha value is -2.40. The summed E-state index contributed by atoms with van der Waals surface area (Å²) in [4.78, 5) is 14.7. The zero-order valence-electron chi connectivity index (χ0n) is 16.3. The first-order chi connectivity index (χ1) is 13.7. The van der Waals surface area contributed by atoms with Gasteiger partial charge in [0, 0.05) is 18.7 Å². The maximum atomic E-state index is 12.8. The number of rotatable bonds is 9. The molecular weight excluding hydrogens is 355 g/mol. The standard InChI is InChI=1S/C23H29FN2O2/c24-21-10-12-22(13-11-21)28-17-5-2-14-25-23(27)20-8-6-19(7-9-20)18-26-15-3-1-4-16-26/h6-13H,1-5,14-18H2,(H,25,27). The van der Waals surface area contributed by atoms with Crippen LogP contribution in [0.2, 0.25) is 0 Å². The minimum Gasteiger partial charge on any atom is -0.494 e. The lowest BCUT2D eigenvalue weighted by Crippen LogP contribution is -2.29. The Morgan fingerprint density at radius 3 is 2.39 bits per heavy atom. The molecule has 1 amide bonds. The fourth-order valence-electron chi connectivity index (χ4n) is 3.39. The van der Waals surface area contributed by atoms with Crippen molar-refractivity contribution in [3.63, 3.8) is 0 Å². The predicted octanol–water partition coefficient (Wildman–Crippen LogP) is 4.40. The SMILES string of the molecule is O=C(NCCCCOc1ccc(F)cc1)c1ccc(CN2CCCCC2)cc1. The van der Waals surface area contributed by atoms with E-state index in [0.717, 1.165) is 19.4 Å². The number of benzene rings is 2. The number of ether oxygens (including phenoxy) is 1. The molecule has 4 nitrogen and oxygen atoms in total. The number of nitrogens with zero attached hydrogens (tertiary/aromatic N) is 1. The number of likely N-dealkylation sites (tertiary alicyclic amines) is 1. The summed E-state index contributed by atoms with van der Waals surface area (Å²) in [6, 6.07) is 13.9. The zero-order chi connectivity index (χ0) is 19.6. The molecule has 0 saturated carbocycles. The molecule has 0 unspecified atom stereocenters. The molecule has 0 radical (unpaired) electrons. The van der Waals surface area contributed by atoms with Gasteiger partial charge in [-0.05, 0) is 80.7 Å². The molecule has 28 heavy (non-hydrogen) atoms. The molecule has 3 rings (SSSR count). The van der Waals surface area contributed by atoms with Crippen molar-refractivity contribution in [2.75, 3.05) is 26.2 Å². The van der Waals surface area contributed by atoms with Crippen molar-refractivity contribution in [2.24, 2.45) is 0 Å². The second kappa shape index (κ2) is 10.8. The average molecular weight is 384 g/mol. The Kier molecular flexibility index (Phi) is 7.85. The highest BCUT2D eigenvalue weighted by atomic mass is 19.1. The number of carbonyl (C=O) groups is 1. The van der Waals surface area contributed by atoms with Crippen LogP contribution in [0.3, 0.4) is 0 Å². The molecule has 0 aromatic heterocycles. The second-order valence-corrected chi connectivity index (χ2v) is 7.30. The summed E-state index contributed by atoms with van der Waals surface area (Å²) in [7, 11) is 0. The third-order valence-corrected chi connectivity index (χ3v) is 5.01. The van der Waals surface area contributed by atoms with Crippen LogP contribution in [0.5, 0.6) is 5.75 Å². The van der Waals surface area contributed by atoms with Crippen LogP contribution in [0, 0.1) is 5.82 Å². The fourth-order valence-corrected chi connectivity index (χ4v) is 3.39. The van der Waals surface area contributed by atoms with Crippen molar-refractivity contribution in [1.82, 2.24) is 10.2 Å². The summed E-state index contributed by atoms with van der Waals surface area (Å²) in [6.45, 7) is 4.48. The van der Waals surface area contributed by atoms with Crippen molar-refractivity contribution in [2.45, 2.75) is 38.6 Å². The van der Waals surface area contributed by atoms with Gasteiger partial charge in [0.05, 0.1) is 6.61 Å². The minimum absolute atomic E-state index is 0.0380. The van der Waals surface area contributed by atoms with Crippen LogP contribution in [0.1, 0.15) is 48.0 Å². The summed E-state index contributed by atoms with van der Waals surface area (Å²) < 4.78 is 18.4. The molecule has 1 aliphatic rings. The number of nitrogens with one attached hydrogen (secondary N) is 1. The van der Waals surface area contributed by atoms with Crippen molar-refractivity contribution in [3.05, 3.63) is 65.5 Å². The van der Waals surface area contributed by atoms with E-state index in [4.69, 9.17) is 4.74 Å². The highest BCUT2D eigenvalue weighted by Gasteiger charge is 2.11. The Balaban J connectivity index is 1.31. The van der Waals surface area contributed by atoms with Gasteiger partial charge in [0.2, 0.25) is 0 Å². The molecule has 1 fully saturated rings. The van der Waals surface area contributed by atoms with Crippen LogP contribution >= 0.6 is 0 Å². The normalized spacial score (nSPS) is 14.6. The lowest BCUT2D eigenvalue weighted by atomic mass is 10.1. The van der Waals surface area contributed by atoms with Crippen LogP contribution in [-0.4, -0.2) is 37.0 Å². The maximum absolute atomic E-state index is 12.8. The van der Waals surface area contributed by atoms with Gasteiger partial charge >= 0.3 is 0 Å². The number of carbonyl (C=O) groups excluding carboxylic acids is 1. The Morgan fingerprint density at radius 1 is 0.964 bits per heavy atom. The van der Waals surface area contributed by atoms with Gasteiger partial charge in [-0.15, -0.1) is 0 Å². The molecule has 5 heteroatoms. The number of amides is 1. The summed E-state index contributed by atoms with van der Waals surface area (Å²) in [5, 5.41) is 2.95. The first-order valence-electron chi connectivity index (χ1n) is 10.2. The van der Waals surface area contributed by atoms with E-state index in [2.05, 4.69) is 22.3 Å². The van der Waals surface area contributed by atoms with Gasteiger partial charge in [-0.1, -0.05) is 18.6 Å². The molecule has 1 aliphatic heterocycles. The fraction of sp³-hybridized carbons (Fsp3) is 0.435. The van der Waals surface area contributed by atoms with E-state index in [1.54, 1.807) is 12.1 Å². The Bertz CT molecular complexity index is 725. The van der Waals surface area contributed by atoms with Crippen molar-refractivity contribution >= 4 is 5.91 Å². The molecule has 0 bridgehead atoms. The minimum atomic E-state index is -0.269. The molecule has 0 aliphatic carbocycles. The smallest absolute Gasteiger partial charge is 0.251 e. The van der Waals surface area contributed by atoms with E-state index in [1.807, 2.05) is 12.1 Å². The van der Waals surface area contributed by atoms with Crippen LogP contribution in [0.25, 0.3) is 0 Å². The van der Waals surface area contributed by atoms with Gasteiger partial charge in [-0.3, -0.25) is 9.69 Å². The van der Waals surface area contributed by atoms with Gasteiger partial charge in [0.15, 0.2) is 0 Å². The summed E-state index contributed by atoms with van der Waals surface area (Å²) in [5.41, 5.74) is 1.96. The Morgan fingerprint density at radius 2 is 1.68 bits per heavy atom. The van der Waals surface area contributed by atoms with E-state index in [1.165, 1.54) is 50.0 Å². The van der Waals surface area contributed by atoms with Gasteiger partial charge in [0.25, 0.3) is 5.91 Å². The number of hydrogen-bond donors (Lipinski definition) is 1. The highest BCUT2D eigenvalue weighted by molar-refractivity contribution is 5.94. The number of hydrogen-bond acceptors (Lipinski definition) is 3. The number of halogens is 1. The first-order valence-corrected chi connectivity index (χ1v) is 10.2. The average Bonchev–Trinajstić information content (AvgIpc) is 2.73. The number of piperidine rings is 1. The van der Waals surface area contributed by atoms with E-state index >= 15 is 0 Å². The first kappa shape index (κ1) is 20.3. The predicted molar refractivity (Wildman–Crippen MR) is 109 cm³/mol. The van der Waals surface area contributed by atoms with Crippen molar-refractivity contribution in [3.8, 4) is 5.75 Å². The number of unbranched alkanes of at least 4 members (excludes halogenated alkanes) is 1. The van der Waals surface area contributed by atoms with E-state index in [0.29, 0.717) is 24.5 Å². The maximum Gasteiger partial charge on any atom is 0.251 e. The third kappa shape index (κ3) is 6.64. The molecule has 0 atom stereocenters. The van der Waals surface area contributed by atoms with Gasteiger partial charge < -0.3 is 10.1 Å². The lowest BCUT2D eigenvalue weighted by Gasteiger charge is -2.26. The lowest BCUT2D eigenvalue weighted by molar-refractivity contribution is 0.0952. The monoisotopic (exact) mass is 384 g/mol. The third-order valence-electron chi connectivity index (χ3n) is 5.01. The van der Waals surface area contributed by atoms with Gasteiger partial charge in [-0.2, -0.15) is 0 Å². The van der Waals surface area contributed by atoms with Crippen LogP contribution in [0.4, 0.5) is 4.39 Å². The molecule has 0 spiro atoms. The topological polar surface area (TPSA) is 41.6 Å². The van der Waals surface area contributed by atoms with E-state index in [-0.39, 0.29) is 11.7 Å². The van der Waals surface area contributed by atoms with Gasteiger partial charge in [0.1, 0.15) is 11.6 Å². The molecule has 2 aromatic carbocycles. The molecule has 2 aromatic rings. The summed E-state index contributed by atoms with van der Waals surface area (Å²) >= 11 is 0. The second-order valence-electron chi connectivity index (χ2n) is 7.30. The molecular formula is C23H29FN2O2. The van der Waals surface area contributed by atoms with Crippen LogP contribution in [-0.2, 0) is 6.54 Å². The zero-order valence-corrected chi connectivity index (χ0v) is 16.3. The van der Waals surface area contributed by atoms with Gasteiger partial charge in [-0.25, -0.2) is 4.39 Å². The summed E-state index contributed by atoms with van der Waals surface area (Å²) in [6.07, 6.45) is 5.57. The quantitative estimate of drug-likeness (QED) is 0.652. The van der Waals surface area contributed by atoms with Crippen molar-refractivity contribution in [1.29, 1.82) is 0 Å². The molecule has 150 valence electrons. The largest absolute Gasteiger partial charge is 0.494 e. The van der Waals surface area contributed by atoms with Crippen molar-refractivity contribution < 1.29 is 13.9 Å². The highest BCUT2D eigenvalue weighted by Crippen LogP contribution is 2.14. The van der Waals surface area contributed by atoms with Crippen LogP contribution in [0.15, 0.2) is 48.5 Å². The molecule has 1 saturated heterocycles. The van der Waals surface area contributed by atoms with E-state index < -0.39 is 0 Å². The van der Waals surface area contributed by atoms with Crippen LogP contribution < -0.4 is 10.1 Å². The van der Waals surface area contributed by atoms with E-state index in [9.17, 15) is 9.18 Å².